The largest absolute Gasteiger partial charge is 0.399 e. The van der Waals surface area contributed by atoms with E-state index in [1.165, 1.54) is 29.6 Å². The Morgan fingerprint density at radius 3 is 2.56 bits per heavy atom. The summed E-state index contributed by atoms with van der Waals surface area (Å²) in [6.45, 7) is 3.51. The van der Waals surface area contributed by atoms with Crippen LogP contribution < -0.4 is 10.5 Å². The van der Waals surface area contributed by atoms with Gasteiger partial charge in [0.2, 0.25) is 0 Å². The summed E-state index contributed by atoms with van der Waals surface area (Å²) in [6, 6.07) is 6.15. The Bertz CT molecular complexity index is 575. The lowest BCUT2D eigenvalue weighted by Crippen LogP contribution is -2.37. The molecule has 7 heteroatoms. The minimum atomic E-state index is -3.67. The van der Waals surface area contributed by atoms with Crippen molar-refractivity contribution in [3.63, 3.8) is 0 Å². The highest BCUT2D eigenvalue weighted by Gasteiger charge is 2.21. The van der Waals surface area contributed by atoms with E-state index in [1.807, 2.05) is 6.07 Å². The summed E-state index contributed by atoms with van der Waals surface area (Å²) in [5, 5.41) is 8.93. The molecule has 0 saturated carbocycles. The number of benzene rings is 1. The smallest absolute Gasteiger partial charge is 0.301 e. The van der Waals surface area contributed by atoms with Gasteiger partial charge in [0.1, 0.15) is 6.07 Å². The third-order valence-electron chi connectivity index (χ3n) is 2.51. The molecule has 1 rings (SSSR count). The van der Waals surface area contributed by atoms with E-state index in [2.05, 4.69) is 4.72 Å². The van der Waals surface area contributed by atoms with Gasteiger partial charge in [-0.05, 0) is 32.0 Å². The molecule has 98 valence electrons. The van der Waals surface area contributed by atoms with Crippen molar-refractivity contribution in [2.75, 3.05) is 17.5 Å². The molecule has 3 N–H and O–H groups in total. The lowest BCUT2D eigenvalue weighted by molar-refractivity contribution is 0.414. The van der Waals surface area contributed by atoms with Gasteiger partial charge in [0.25, 0.3) is 0 Å². The van der Waals surface area contributed by atoms with Gasteiger partial charge < -0.3 is 5.73 Å². The summed E-state index contributed by atoms with van der Waals surface area (Å²) < 4.78 is 27.5. The van der Waals surface area contributed by atoms with Crippen LogP contribution in [0, 0.1) is 11.3 Å². The number of anilines is 2. The van der Waals surface area contributed by atoms with E-state index >= 15 is 0 Å². The fourth-order valence-corrected chi connectivity index (χ4v) is 2.39. The van der Waals surface area contributed by atoms with Crippen molar-refractivity contribution in [1.82, 2.24) is 4.31 Å². The van der Waals surface area contributed by atoms with Gasteiger partial charge in [0, 0.05) is 18.8 Å². The SMILES string of the molecule is CC(C)N(C)S(=O)(=O)Nc1ccc(N)cc1C#N. The summed E-state index contributed by atoms with van der Waals surface area (Å²) in [5.41, 5.74) is 6.36. The lowest BCUT2D eigenvalue weighted by atomic mass is 10.2. The van der Waals surface area contributed by atoms with Crippen LogP contribution in [0.15, 0.2) is 18.2 Å². The normalized spacial score (nSPS) is 11.6. The topological polar surface area (TPSA) is 99.2 Å². The number of nitriles is 1. The maximum absolute atomic E-state index is 12.0. The van der Waals surface area contributed by atoms with Crippen LogP contribution in [0.4, 0.5) is 11.4 Å². The van der Waals surface area contributed by atoms with Crippen LogP contribution in [-0.4, -0.2) is 25.8 Å². The number of nitrogens with two attached hydrogens (primary N) is 1. The zero-order chi connectivity index (χ0) is 13.9. The maximum Gasteiger partial charge on any atom is 0.301 e. The number of rotatable bonds is 4. The molecule has 6 nitrogen and oxygen atoms in total. The Morgan fingerprint density at radius 1 is 1.44 bits per heavy atom. The third-order valence-corrected chi connectivity index (χ3v) is 4.17. The Labute approximate surface area is 107 Å². The van der Waals surface area contributed by atoms with Gasteiger partial charge in [-0.15, -0.1) is 0 Å². The monoisotopic (exact) mass is 268 g/mol. The number of nitrogens with one attached hydrogen (secondary N) is 1. The van der Waals surface area contributed by atoms with E-state index in [1.54, 1.807) is 13.8 Å². The van der Waals surface area contributed by atoms with Gasteiger partial charge in [0.05, 0.1) is 11.3 Å². The van der Waals surface area contributed by atoms with Crippen LogP contribution in [0.1, 0.15) is 19.4 Å². The van der Waals surface area contributed by atoms with Crippen LogP contribution in [0.3, 0.4) is 0 Å². The summed E-state index contributed by atoms with van der Waals surface area (Å²) in [5.74, 6) is 0. The predicted octanol–water partition coefficient (Wildman–Crippen LogP) is 1.14. The van der Waals surface area contributed by atoms with Crippen LogP contribution >= 0.6 is 0 Å². The van der Waals surface area contributed by atoms with Crippen molar-refractivity contribution in [1.29, 1.82) is 5.26 Å². The number of nitrogen functional groups attached to an aromatic ring is 1. The second kappa shape index (κ2) is 5.25. The zero-order valence-corrected chi connectivity index (χ0v) is 11.3. The first kappa shape index (κ1) is 14.3. The first-order valence-electron chi connectivity index (χ1n) is 5.33. The second-order valence-electron chi connectivity index (χ2n) is 4.13. The lowest BCUT2D eigenvalue weighted by Gasteiger charge is -2.22. The molecule has 0 aliphatic carbocycles. The van der Waals surface area contributed by atoms with Crippen molar-refractivity contribution >= 4 is 21.6 Å². The molecule has 0 atom stereocenters. The standard InChI is InChI=1S/C11H16N4O2S/c1-8(2)15(3)18(16,17)14-11-5-4-10(13)6-9(11)7-12/h4-6,8,14H,13H2,1-3H3. The molecule has 0 saturated heterocycles. The second-order valence-corrected chi connectivity index (χ2v) is 5.86. The highest BCUT2D eigenvalue weighted by atomic mass is 32.2. The van der Waals surface area contributed by atoms with E-state index in [4.69, 9.17) is 11.0 Å². The van der Waals surface area contributed by atoms with Gasteiger partial charge >= 0.3 is 10.2 Å². The summed E-state index contributed by atoms with van der Waals surface area (Å²) in [6.07, 6.45) is 0. The van der Waals surface area contributed by atoms with Crippen molar-refractivity contribution < 1.29 is 8.42 Å². The molecule has 0 amide bonds. The molecule has 0 spiro atoms. The van der Waals surface area contributed by atoms with Crippen LogP contribution in [-0.2, 0) is 10.2 Å². The molecule has 0 bridgehead atoms. The van der Waals surface area contributed by atoms with Crippen LogP contribution in [0.5, 0.6) is 0 Å². The van der Waals surface area contributed by atoms with Crippen molar-refractivity contribution in [3.05, 3.63) is 23.8 Å². The molecule has 18 heavy (non-hydrogen) atoms. The molecule has 1 aromatic rings. The fourth-order valence-electron chi connectivity index (χ4n) is 1.23. The summed E-state index contributed by atoms with van der Waals surface area (Å²) in [7, 11) is -2.20. The van der Waals surface area contributed by atoms with Gasteiger partial charge in [-0.25, -0.2) is 0 Å². The quantitative estimate of drug-likeness (QED) is 0.800. The highest BCUT2D eigenvalue weighted by molar-refractivity contribution is 7.90. The highest BCUT2D eigenvalue weighted by Crippen LogP contribution is 2.20. The Balaban J connectivity index is 3.10. The van der Waals surface area contributed by atoms with Gasteiger partial charge in [0.15, 0.2) is 0 Å². The van der Waals surface area contributed by atoms with Gasteiger partial charge in [-0.1, -0.05) is 0 Å². The Hall–Kier alpha value is -1.78. The molecule has 0 fully saturated rings. The molecule has 0 aliphatic rings. The molecule has 0 aromatic heterocycles. The average Bonchev–Trinajstić information content (AvgIpc) is 2.30. The maximum atomic E-state index is 12.0. The molecule has 0 radical (unpaired) electrons. The molecular weight excluding hydrogens is 252 g/mol. The summed E-state index contributed by atoms with van der Waals surface area (Å²) in [4.78, 5) is 0. The van der Waals surface area contributed by atoms with E-state index < -0.39 is 10.2 Å². The minimum absolute atomic E-state index is 0.179. The fraction of sp³-hybridized carbons (Fsp3) is 0.364. The van der Waals surface area contributed by atoms with E-state index in [-0.39, 0.29) is 17.3 Å². The van der Waals surface area contributed by atoms with Crippen molar-refractivity contribution in [2.45, 2.75) is 19.9 Å². The van der Waals surface area contributed by atoms with Gasteiger partial charge in [-0.3, -0.25) is 4.72 Å². The van der Waals surface area contributed by atoms with E-state index in [0.717, 1.165) is 0 Å². The van der Waals surface area contributed by atoms with E-state index in [9.17, 15) is 8.42 Å². The van der Waals surface area contributed by atoms with Crippen LogP contribution in [0.25, 0.3) is 0 Å². The molecule has 0 heterocycles. The summed E-state index contributed by atoms with van der Waals surface area (Å²) >= 11 is 0. The van der Waals surface area contributed by atoms with Crippen LogP contribution in [0.2, 0.25) is 0 Å². The molecule has 1 aromatic carbocycles. The number of hydrogen-bond acceptors (Lipinski definition) is 4. The number of hydrogen-bond donors (Lipinski definition) is 2. The number of nitrogens with zero attached hydrogens (tertiary/aromatic N) is 2. The third kappa shape index (κ3) is 3.12. The van der Waals surface area contributed by atoms with Gasteiger partial charge in [-0.2, -0.15) is 18.0 Å². The molecule has 0 unspecified atom stereocenters. The Morgan fingerprint density at radius 2 is 2.06 bits per heavy atom. The first-order chi connectivity index (χ1) is 8.27. The average molecular weight is 268 g/mol. The molecular formula is C11H16N4O2S. The van der Waals surface area contributed by atoms with Crippen molar-refractivity contribution in [3.8, 4) is 6.07 Å². The van der Waals surface area contributed by atoms with E-state index in [0.29, 0.717) is 5.69 Å². The Kier molecular flexibility index (Phi) is 4.16. The van der Waals surface area contributed by atoms with Crippen molar-refractivity contribution in [2.24, 2.45) is 0 Å². The zero-order valence-electron chi connectivity index (χ0n) is 10.5. The predicted molar refractivity (Wildman–Crippen MR) is 71.0 cm³/mol. The minimum Gasteiger partial charge on any atom is -0.399 e. The molecule has 0 aliphatic heterocycles. The first-order valence-corrected chi connectivity index (χ1v) is 6.77.